The van der Waals surface area contributed by atoms with E-state index in [2.05, 4.69) is 4.98 Å². The Hall–Kier alpha value is -3.40. The van der Waals surface area contributed by atoms with Gasteiger partial charge in [0.1, 0.15) is 11.9 Å². The second kappa shape index (κ2) is 7.87. The number of rotatable bonds is 4. The predicted octanol–water partition coefficient (Wildman–Crippen LogP) is 1.85. The fourth-order valence-corrected chi connectivity index (χ4v) is 3.18. The van der Waals surface area contributed by atoms with Crippen molar-refractivity contribution in [3.05, 3.63) is 58.8 Å². The summed E-state index contributed by atoms with van der Waals surface area (Å²) in [5.74, 6) is -0.541. The third-order valence-corrected chi connectivity index (χ3v) is 4.67. The fourth-order valence-electron chi connectivity index (χ4n) is 3.18. The van der Waals surface area contributed by atoms with Crippen LogP contribution in [0.15, 0.2) is 36.4 Å². The summed E-state index contributed by atoms with van der Waals surface area (Å²) in [7, 11) is 0. The first-order valence-corrected chi connectivity index (χ1v) is 8.71. The number of aryl methyl sites for hydroxylation is 1. The van der Waals surface area contributed by atoms with Crippen molar-refractivity contribution in [2.75, 3.05) is 31.1 Å². The summed E-state index contributed by atoms with van der Waals surface area (Å²) in [5, 5.41) is 18.6. The number of aromatic nitrogens is 1. The van der Waals surface area contributed by atoms with Gasteiger partial charge in [0.15, 0.2) is 0 Å². The van der Waals surface area contributed by atoms with E-state index < -0.39 is 5.97 Å². The molecule has 7 heteroatoms. The van der Waals surface area contributed by atoms with Crippen molar-refractivity contribution in [3.63, 3.8) is 0 Å². The van der Waals surface area contributed by atoms with E-state index in [4.69, 9.17) is 0 Å². The maximum Gasteiger partial charge on any atom is 0.337 e. The molecule has 0 saturated carbocycles. The zero-order valence-electron chi connectivity index (χ0n) is 15.1. The number of carboxylic acids is 1. The highest BCUT2D eigenvalue weighted by molar-refractivity contribution is 5.90. The molecular weight excluding hydrogens is 344 g/mol. The minimum absolute atomic E-state index is 0.0342. The van der Waals surface area contributed by atoms with Crippen LogP contribution in [0.5, 0.6) is 0 Å². The molecule has 1 fully saturated rings. The van der Waals surface area contributed by atoms with Crippen LogP contribution in [0, 0.1) is 18.3 Å². The zero-order chi connectivity index (χ0) is 19.4. The molecule has 0 radical (unpaired) electrons. The molecule has 1 aromatic heterocycles. The Labute approximate surface area is 157 Å². The molecule has 0 atom stereocenters. The van der Waals surface area contributed by atoms with Crippen molar-refractivity contribution >= 4 is 17.7 Å². The molecule has 3 rings (SSSR count). The number of carbonyl (C=O) groups excluding carboxylic acids is 1. The van der Waals surface area contributed by atoms with E-state index in [1.807, 2.05) is 46.2 Å². The Kier molecular flexibility index (Phi) is 5.36. The highest BCUT2D eigenvalue weighted by Gasteiger charge is 2.25. The third kappa shape index (κ3) is 4.06. The van der Waals surface area contributed by atoms with Crippen molar-refractivity contribution in [2.45, 2.75) is 13.3 Å². The van der Waals surface area contributed by atoms with Crippen LogP contribution in [0.3, 0.4) is 0 Å². The minimum Gasteiger partial charge on any atom is -0.478 e. The number of carboxylic acid groups (broad SMARTS) is 1. The van der Waals surface area contributed by atoms with E-state index in [1.54, 1.807) is 6.92 Å². The average molecular weight is 364 g/mol. The maximum absolute atomic E-state index is 12.5. The number of nitriles is 1. The molecule has 0 bridgehead atoms. The first-order chi connectivity index (χ1) is 13.0. The Morgan fingerprint density at radius 3 is 2.44 bits per heavy atom. The molecule has 1 aromatic carbocycles. The summed E-state index contributed by atoms with van der Waals surface area (Å²) in [6, 6.07) is 13.0. The summed E-state index contributed by atoms with van der Waals surface area (Å²) in [6.45, 7) is 3.80. The largest absolute Gasteiger partial charge is 0.478 e. The van der Waals surface area contributed by atoms with Gasteiger partial charge in [-0.15, -0.1) is 0 Å². The Balaban J connectivity index is 1.69. The SMILES string of the molecule is Cc1nc(N2CCN(C(=O)Cc3ccccc3)CC2)c(C#N)cc1C(=O)O. The number of amides is 1. The summed E-state index contributed by atoms with van der Waals surface area (Å²) < 4.78 is 0. The van der Waals surface area contributed by atoms with Gasteiger partial charge in [-0.25, -0.2) is 9.78 Å². The number of pyridine rings is 1. The number of aromatic carboxylic acids is 1. The molecule has 1 N–H and O–H groups in total. The van der Waals surface area contributed by atoms with Crippen molar-refractivity contribution in [1.29, 1.82) is 5.26 Å². The van der Waals surface area contributed by atoms with Gasteiger partial charge in [-0.3, -0.25) is 4.79 Å². The van der Waals surface area contributed by atoms with E-state index in [1.165, 1.54) is 6.07 Å². The van der Waals surface area contributed by atoms with Crippen LogP contribution in [-0.4, -0.2) is 53.0 Å². The van der Waals surface area contributed by atoms with Gasteiger partial charge in [0.05, 0.1) is 23.2 Å². The zero-order valence-corrected chi connectivity index (χ0v) is 15.1. The quantitative estimate of drug-likeness (QED) is 0.889. The first kappa shape index (κ1) is 18.4. The number of hydrogen-bond acceptors (Lipinski definition) is 5. The molecule has 2 heterocycles. The van der Waals surface area contributed by atoms with Gasteiger partial charge in [0.25, 0.3) is 0 Å². The fraction of sp³-hybridized carbons (Fsp3) is 0.300. The number of nitrogens with zero attached hydrogens (tertiary/aromatic N) is 4. The smallest absolute Gasteiger partial charge is 0.337 e. The Bertz CT molecular complexity index is 897. The average Bonchev–Trinajstić information content (AvgIpc) is 2.68. The molecule has 1 amide bonds. The van der Waals surface area contributed by atoms with Crippen molar-refractivity contribution in [3.8, 4) is 6.07 Å². The monoisotopic (exact) mass is 364 g/mol. The van der Waals surface area contributed by atoms with Gasteiger partial charge in [-0.2, -0.15) is 5.26 Å². The summed E-state index contributed by atoms with van der Waals surface area (Å²) >= 11 is 0. The lowest BCUT2D eigenvalue weighted by molar-refractivity contribution is -0.130. The molecule has 27 heavy (non-hydrogen) atoms. The summed E-state index contributed by atoms with van der Waals surface area (Å²) in [6.07, 6.45) is 0.370. The molecule has 138 valence electrons. The molecule has 0 unspecified atom stereocenters. The molecule has 0 aliphatic carbocycles. The summed E-state index contributed by atoms with van der Waals surface area (Å²) in [4.78, 5) is 31.8. The van der Waals surface area contributed by atoms with Crippen LogP contribution >= 0.6 is 0 Å². The molecule has 7 nitrogen and oxygen atoms in total. The topological polar surface area (TPSA) is 97.5 Å². The highest BCUT2D eigenvalue weighted by atomic mass is 16.4. The molecular formula is C20H20N4O3. The first-order valence-electron chi connectivity index (χ1n) is 8.71. The molecule has 1 aliphatic heterocycles. The number of carbonyl (C=O) groups is 2. The molecule has 1 aliphatic rings. The third-order valence-electron chi connectivity index (χ3n) is 4.67. The highest BCUT2D eigenvalue weighted by Crippen LogP contribution is 2.22. The number of benzene rings is 1. The van der Waals surface area contributed by atoms with Gasteiger partial charge in [0.2, 0.25) is 5.91 Å². The van der Waals surface area contributed by atoms with Crippen LogP contribution in [0.2, 0.25) is 0 Å². The Morgan fingerprint density at radius 1 is 1.19 bits per heavy atom. The van der Waals surface area contributed by atoms with Gasteiger partial charge < -0.3 is 14.9 Å². The lowest BCUT2D eigenvalue weighted by Gasteiger charge is -2.36. The minimum atomic E-state index is -1.10. The molecule has 0 spiro atoms. The maximum atomic E-state index is 12.5. The second-order valence-electron chi connectivity index (χ2n) is 6.44. The number of piperazine rings is 1. The molecule has 2 aromatic rings. The van der Waals surface area contributed by atoms with Crippen molar-refractivity contribution < 1.29 is 14.7 Å². The standard InChI is InChI=1S/C20H20N4O3/c1-14-17(20(26)27)12-16(13-21)19(22-14)24-9-7-23(8-10-24)18(25)11-15-5-3-2-4-6-15/h2-6,12H,7-11H2,1H3,(H,26,27). The lowest BCUT2D eigenvalue weighted by Crippen LogP contribution is -2.49. The van der Waals surface area contributed by atoms with Crippen LogP contribution in [0.4, 0.5) is 5.82 Å². The van der Waals surface area contributed by atoms with Gasteiger partial charge in [0, 0.05) is 26.2 Å². The van der Waals surface area contributed by atoms with E-state index in [0.717, 1.165) is 5.56 Å². The summed E-state index contributed by atoms with van der Waals surface area (Å²) in [5.41, 5.74) is 1.63. The van der Waals surface area contributed by atoms with Crippen molar-refractivity contribution in [2.24, 2.45) is 0 Å². The van der Waals surface area contributed by atoms with Crippen LogP contribution < -0.4 is 4.90 Å². The van der Waals surface area contributed by atoms with Crippen LogP contribution in [-0.2, 0) is 11.2 Å². The van der Waals surface area contributed by atoms with Crippen molar-refractivity contribution in [1.82, 2.24) is 9.88 Å². The second-order valence-corrected chi connectivity index (χ2v) is 6.44. The van der Waals surface area contributed by atoms with E-state index >= 15 is 0 Å². The van der Waals surface area contributed by atoms with Gasteiger partial charge >= 0.3 is 5.97 Å². The number of anilines is 1. The number of hydrogen-bond donors (Lipinski definition) is 1. The molecule has 1 saturated heterocycles. The normalized spacial score (nSPS) is 13.9. The van der Waals surface area contributed by atoms with Gasteiger partial charge in [-0.05, 0) is 18.6 Å². The lowest BCUT2D eigenvalue weighted by atomic mass is 10.1. The van der Waals surface area contributed by atoms with Crippen LogP contribution in [0.1, 0.15) is 27.2 Å². The van der Waals surface area contributed by atoms with E-state index in [9.17, 15) is 20.0 Å². The van der Waals surface area contributed by atoms with E-state index in [0.29, 0.717) is 44.1 Å². The van der Waals surface area contributed by atoms with E-state index in [-0.39, 0.29) is 17.0 Å². The van der Waals surface area contributed by atoms with Gasteiger partial charge in [-0.1, -0.05) is 30.3 Å². The predicted molar refractivity (Wildman–Crippen MR) is 99.6 cm³/mol. The van der Waals surface area contributed by atoms with Crippen LogP contribution in [0.25, 0.3) is 0 Å². The Morgan fingerprint density at radius 2 is 1.85 bits per heavy atom.